The lowest BCUT2D eigenvalue weighted by Gasteiger charge is -2.14. The Labute approximate surface area is 98.6 Å². The lowest BCUT2D eigenvalue weighted by atomic mass is 9.92. The number of carboxylic acid groups (broad SMARTS) is 1. The van der Waals surface area contributed by atoms with Gasteiger partial charge < -0.3 is 16.2 Å². The largest absolute Gasteiger partial charge is 0.481 e. The summed E-state index contributed by atoms with van der Waals surface area (Å²) < 4.78 is 0. The van der Waals surface area contributed by atoms with Gasteiger partial charge in [-0.05, 0) is 30.5 Å². The number of primary amides is 1. The van der Waals surface area contributed by atoms with Crippen LogP contribution in [0.2, 0.25) is 0 Å². The maximum atomic E-state index is 10.8. The average molecular weight is 234 g/mol. The number of carbonyl (C=O) groups excluding carboxylic acids is 1. The number of anilines is 1. The van der Waals surface area contributed by atoms with Crippen molar-refractivity contribution < 1.29 is 14.7 Å². The highest BCUT2D eigenvalue weighted by Gasteiger charge is 2.45. The molecule has 90 valence electrons. The molecule has 1 aromatic carbocycles. The molecule has 0 aromatic heterocycles. The summed E-state index contributed by atoms with van der Waals surface area (Å²) in [4.78, 5) is 21.5. The SMILES string of the molecule is NC(=O)Nc1cccc(C2(CC(=O)O)CC2)c1. The van der Waals surface area contributed by atoms with Gasteiger partial charge in [0, 0.05) is 11.1 Å². The molecule has 4 N–H and O–H groups in total. The molecule has 2 rings (SSSR count). The Balaban J connectivity index is 2.21. The summed E-state index contributed by atoms with van der Waals surface area (Å²) in [5.41, 5.74) is 6.34. The summed E-state index contributed by atoms with van der Waals surface area (Å²) in [6.45, 7) is 0. The molecule has 1 aliphatic carbocycles. The molecule has 1 saturated carbocycles. The van der Waals surface area contributed by atoms with Crippen LogP contribution in [0.4, 0.5) is 10.5 Å². The van der Waals surface area contributed by atoms with Crippen LogP contribution in [-0.2, 0) is 10.2 Å². The van der Waals surface area contributed by atoms with Gasteiger partial charge in [0.1, 0.15) is 0 Å². The van der Waals surface area contributed by atoms with E-state index in [0.717, 1.165) is 18.4 Å². The molecule has 0 aliphatic heterocycles. The quantitative estimate of drug-likeness (QED) is 0.740. The molecule has 17 heavy (non-hydrogen) atoms. The molecule has 0 radical (unpaired) electrons. The topological polar surface area (TPSA) is 92.4 Å². The number of carbonyl (C=O) groups is 2. The zero-order valence-corrected chi connectivity index (χ0v) is 9.27. The van der Waals surface area contributed by atoms with Crippen LogP contribution in [-0.4, -0.2) is 17.1 Å². The fourth-order valence-corrected chi connectivity index (χ4v) is 2.08. The summed E-state index contributed by atoms with van der Waals surface area (Å²) >= 11 is 0. The second kappa shape index (κ2) is 4.08. The molecule has 5 heteroatoms. The maximum absolute atomic E-state index is 10.8. The highest BCUT2D eigenvalue weighted by Crippen LogP contribution is 2.51. The van der Waals surface area contributed by atoms with Gasteiger partial charge in [0.2, 0.25) is 0 Å². The Kier molecular flexibility index (Phi) is 2.75. The van der Waals surface area contributed by atoms with Gasteiger partial charge in [-0.2, -0.15) is 0 Å². The third-order valence-electron chi connectivity index (χ3n) is 3.09. The maximum Gasteiger partial charge on any atom is 0.316 e. The van der Waals surface area contributed by atoms with E-state index in [1.165, 1.54) is 0 Å². The first-order valence-electron chi connectivity index (χ1n) is 5.41. The van der Waals surface area contributed by atoms with E-state index in [9.17, 15) is 9.59 Å². The summed E-state index contributed by atoms with van der Waals surface area (Å²) in [5.74, 6) is -0.796. The van der Waals surface area contributed by atoms with Gasteiger partial charge in [-0.15, -0.1) is 0 Å². The van der Waals surface area contributed by atoms with Crippen molar-refractivity contribution in [2.24, 2.45) is 5.73 Å². The van der Waals surface area contributed by atoms with Gasteiger partial charge in [0.25, 0.3) is 0 Å². The van der Waals surface area contributed by atoms with Crippen LogP contribution in [0.5, 0.6) is 0 Å². The van der Waals surface area contributed by atoms with Crippen molar-refractivity contribution in [2.75, 3.05) is 5.32 Å². The molecule has 0 bridgehead atoms. The van der Waals surface area contributed by atoms with Crippen LogP contribution in [0, 0.1) is 0 Å². The van der Waals surface area contributed by atoms with Crippen molar-refractivity contribution in [1.29, 1.82) is 0 Å². The lowest BCUT2D eigenvalue weighted by molar-refractivity contribution is -0.137. The minimum atomic E-state index is -0.796. The van der Waals surface area contributed by atoms with Crippen molar-refractivity contribution in [3.63, 3.8) is 0 Å². The highest BCUT2D eigenvalue weighted by atomic mass is 16.4. The van der Waals surface area contributed by atoms with Crippen molar-refractivity contribution in [3.8, 4) is 0 Å². The number of hydrogen-bond donors (Lipinski definition) is 3. The minimum Gasteiger partial charge on any atom is -0.481 e. The first-order chi connectivity index (χ1) is 8.02. The van der Waals surface area contributed by atoms with Crippen LogP contribution in [0.25, 0.3) is 0 Å². The number of hydrogen-bond acceptors (Lipinski definition) is 2. The molecule has 2 amide bonds. The fourth-order valence-electron chi connectivity index (χ4n) is 2.08. The standard InChI is InChI=1S/C12H14N2O3/c13-11(17)14-9-3-1-2-8(6-9)12(4-5-12)7-10(15)16/h1-3,6H,4-5,7H2,(H,15,16)(H3,13,14,17). The average Bonchev–Trinajstić information content (AvgIpc) is 2.97. The Morgan fingerprint density at radius 3 is 2.65 bits per heavy atom. The molecule has 0 atom stereocenters. The summed E-state index contributed by atoms with van der Waals surface area (Å²) in [6, 6.07) is 6.58. The number of nitrogens with two attached hydrogens (primary N) is 1. The van der Waals surface area contributed by atoms with E-state index in [1.807, 2.05) is 6.07 Å². The normalized spacial score (nSPS) is 16.2. The molecule has 1 aromatic rings. The predicted molar refractivity (Wildman–Crippen MR) is 62.8 cm³/mol. The van der Waals surface area contributed by atoms with Crippen molar-refractivity contribution in [3.05, 3.63) is 29.8 Å². The van der Waals surface area contributed by atoms with Crippen LogP contribution < -0.4 is 11.1 Å². The molecular weight excluding hydrogens is 220 g/mol. The molecule has 0 heterocycles. The Morgan fingerprint density at radius 1 is 1.41 bits per heavy atom. The van der Waals surface area contributed by atoms with Crippen LogP contribution >= 0.6 is 0 Å². The van der Waals surface area contributed by atoms with Crippen molar-refractivity contribution >= 4 is 17.7 Å². The van der Waals surface area contributed by atoms with E-state index in [4.69, 9.17) is 10.8 Å². The third kappa shape index (κ3) is 2.55. The fraction of sp³-hybridized carbons (Fsp3) is 0.333. The molecule has 0 spiro atoms. The van der Waals surface area contributed by atoms with Gasteiger partial charge >= 0.3 is 12.0 Å². The smallest absolute Gasteiger partial charge is 0.316 e. The monoisotopic (exact) mass is 234 g/mol. The Bertz CT molecular complexity index is 467. The lowest BCUT2D eigenvalue weighted by Crippen LogP contribution is -2.20. The molecule has 1 aliphatic rings. The first kappa shape index (κ1) is 11.4. The number of rotatable bonds is 4. The highest BCUT2D eigenvalue weighted by molar-refractivity contribution is 5.87. The second-order valence-corrected chi connectivity index (χ2v) is 4.42. The van der Waals surface area contributed by atoms with E-state index in [1.54, 1.807) is 18.2 Å². The van der Waals surface area contributed by atoms with E-state index in [2.05, 4.69) is 5.32 Å². The molecular formula is C12H14N2O3. The third-order valence-corrected chi connectivity index (χ3v) is 3.09. The van der Waals surface area contributed by atoms with Crippen molar-refractivity contribution in [1.82, 2.24) is 0 Å². The molecule has 1 fully saturated rings. The second-order valence-electron chi connectivity index (χ2n) is 4.42. The van der Waals surface area contributed by atoms with Crippen LogP contribution in [0.15, 0.2) is 24.3 Å². The number of amides is 2. The zero-order valence-electron chi connectivity index (χ0n) is 9.27. The van der Waals surface area contributed by atoms with Gasteiger partial charge in [-0.25, -0.2) is 4.79 Å². The van der Waals surface area contributed by atoms with E-state index in [-0.39, 0.29) is 11.8 Å². The van der Waals surface area contributed by atoms with Gasteiger partial charge in [0.15, 0.2) is 0 Å². The minimum absolute atomic E-state index is 0.132. The molecule has 5 nitrogen and oxygen atoms in total. The number of carboxylic acids is 1. The summed E-state index contributed by atoms with van der Waals surface area (Å²) in [7, 11) is 0. The number of nitrogens with one attached hydrogen (secondary N) is 1. The predicted octanol–water partition coefficient (Wildman–Crippen LogP) is 1.68. The molecule has 0 saturated heterocycles. The van der Waals surface area contributed by atoms with E-state index < -0.39 is 12.0 Å². The number of aliphatic carboxylic acids is 1. The van der Waals surface area contributed by atoms with Gasteiger partial charge in [-0.3, -0.25) is 4.79 Å². The van der Waals surface area contributed by atoms with Crippen molar-refractivity contribution in [2.45, 2.75) is 24.7 Å². The Morgan fingerprint density at radius 2 is 2.12 bits per heavy atom. The molecule has 0 unspecified atom stereocenters. The van der Waals surface area contributed by atoms with E-state index >= 15 is 0 Å². The van der Waals surface area contributed by atoms with Crippen LogP contribution in [0.3, 0.4) is 0 Å². The van der Waals surface area contributed by atoms with Gasteiger partial charge in [-0.1, -0.05) is 12.1 Å². The van der Waals surface area contributed by atoms with E-state index in [0.29, 0.717) is 5.69 Å². The van der Waals surface area contributed by atoms with Crippen LogP contribution in [0.1, 0.15) is 24.8 Å². The Hall–Kier alpha value is -2.04. The first-order valence-corrected chi connectivity index (χ1v) is 5.41. The van der Waals surface area contributed by atoms with Gasteiger partial charge in [0.05, 0.1) is 6.42 Å². The summed E-state index contributed by atoms with van der Waals surface area (Å²) in [5, 5.41) is 11.4. The summed E-state index contributed by atoms with van der Waals surface area (Å²) in [6.07, 6.45) is 1.88. The zero-order chi connectivity index (χ0) is 12.5. The number of benzene rings is 1. The number of urea groups is 1.